The summed E-state index contributed by atoms with van der Waals surface area (Å²) in [5, 5.41) is 15.2. The summed E-state index contributed by atoms with van der Waals surface area (Å²) in [6.07, 6.45) is 2.46. The van der Waals surface area contributed by atoms with Crippen LogP contribution in [0.25, 0.3) is 0 Å². The number of aromatic nitrogens is 3. The van der Waals surface area contributed by atoms with Gasteiger partial charge in [-0.25, -0.2) is 0 Å². The highest BCUT2D eigenvalue weighted by molar-refractivity contribution is 6.30. The lowest BCUT2D eigenvalue weighted by atomic mass is 10.1. The number of nitrogens with zero attached hydrogens (tertiary/aromatic N) is 3. The van der Waals surface area contributed by atoms with E-state index in [1.165, 1.54) is 11.1 Å². The van der Waals surface area contributed by atoms with E-state index < -0.39 is 0 Å². The number of halogens is 1. The third-order valence-electron chi connectivity index (χ3n) is 3.46. The lowest BCUT2D eigenvalue weighted by Crippen LogP contribution is -2.09. The quantitative estimate of drug-likeness (QED) is 0.703. The molecule has 5 nitrogen and oxygen atoms in total. The third-order valence-corrected chi connectivity index (χ3v) is 3.71. The second-order valence-corrected chi connectivity index (χ2v) is 5.90. The zero-order valence-electron chi connectivity index (χ0n) is 13.3. The molecule has 3 rings (SSSR count). The zero-order chi connectivity index (χ0) is 16.8. The molecule has 0 radical (unpaired) electrons. The van der Waals surface area contributed by atoms with Crippen molar-refractivity contribution in [1.82, 2.24) is 15.2 Å². The molecule has 122 valence electrons. The van der Waals surface area contributed by atoms with Crippen molar-refractivity contribution in [3.05, 3.63) is 70.9 Å². The number of anilines is 3. The fraction of sp³-hybridized carbons (Fsp3) is 0.167. The molecule has 6 heteroatoms. The van der Waals surface area contributed by atoms with Gasteiger partial charge in [-0.1, -0.05) is 35.9 Å². The number of hydrogen-bond acceptors (Lipinski definition) is 5. The smallest absolute Gasteiger partial charge is 0.244 e. The van der Waals surface area contributed by atoms with E-state index in [4.69, 9.17) is 11.6 Å². The van der Waals surface area contributed by atoms with Gasteiger partial charge in [-0.05, 0) is 48.7 Å². The molecule has 24 heavy (non-hydrogen) atoms. The number of hydrogen-bond donors (Lipinski definition) is 2. The molecule has 0 aliphatic heterocycles. The SMILES string of the molecule is Cc1cccc(Nc2cnnc(NCCc3ccc(Cl)cc3)n2)c1. The van der Waals surface area contributed by atoms with E-state index in [2.05, 4.69) is 31.9 Å². The molecular weight excluding hydrogens is 322 g/mol. The summed E-state index contributed by atoms with van der Waals surface area (Å²) < 4.78 is 0. The summed E-state index contributed by atoms with van der Waals surface area (Å²) in [4.78, 5) is 4.43. The molecule has 1 heterocycles. The van der Waals surface area contributed by atoms with Crippen LogP contribution in [0.1, 0.15) is 11.1 Å². The molecule has 0 fully saturated rings. The normalized spacial score (nSPS) is 10.4. The predicted molar refractivity (Wildman–Crippen MR) is 97.9 cm³/mol. The van der Waals surface area contributed by atoms with Gasteiger partial charge in [0.15, 0.2) is 5.82 Å². The maximum absolute atomic E-state index is 5.88. The summed E-state index contributed by atoms with van der Waals surface area (Å²) in [6.45, 7) is 2.77. The van der Waals surface area contributed by atoms with Crippen LogP contribution in [0.2, 0.25) is 5.02 Å². The molecule has 0 saturated heterocycles. The van der Waals surface area contributed by atoms with Crippen LogP contribution in [-0.2, 0) is 6.42 Å². The minimum Gasteiger partial charge on any atom is -0.353 e. The third kappa shape index (κ3) is 4.67. The van der Waals surface area contributed by atoms with Crippen LogP contribution >= 0.6 is 11.6 Å². The van der Waals surface area contributed by atoms with Crippen LogP contribution in [0, 0.1) is 6.92 Å². The summed E-state index contributed by atoms with van der Waals surface area (Å²) in [7, 11) is 0. The highest BCUT2D eigenvalue weighted by atomic mass is 35.5. The molecule has 0 unspecified atom stereocenters. The minimum absolute atomic E-state index is 0.501. The first kappa shape index (κ1) is 16.2. The molecule has 0 bridgehead atoms. The zero-order valence-corrected chi connectivity index (χ0v) is 14.1. The van der Waals surface area contributed by atoms with Crippen LogP contribution in [0.3, 0.4) is 0 Å². The van der Waals surface area contributed by atoms with E-state index >= 15 is 0 Å². The van der Waals surface area contributed by atoms with E-state index in [1.54, 1.807) is 6.20 Å². The first-order valence-corrected chi connectivity index (χ1v) is 8.08. The Kier molecular flexibility index (Phi) is 5.23. The van der Waals surface area contributed by atoms with Crippen LogP contribution in [-0.4, -0.2) is 21.7 Å². The summed E-state index contributed by atoms with van der Waals surface area (Å²) in [5.41, 5.74) is 3.36. The summed E-state index contributed by atoms with van der Waals surface area (Å²) in [5.74, 6) is 1.16. The maximum Gasteiger partial charge on any atom is 0.244 e. The number of nitrogens with one attached hydrogen (secondary N) is 2. The van der Waals surface area contributed by atoms with E-state index in [0.29, 0.717) is 11.8 Å². The lowest BCUT2D eigenvalue weighted by Gasteiger charge is -2.08. The van der Waals surface area contributed by atoms with Crippen LogP contribution in [0.5, 0.6) is 0 Å². The molecule has 0 saturated carbocycles. The Hall–Kier alpha value is -2.66. The first-order chi connectivity index (χ1) is 11.7. The van der Waals surface area contributed by atoms with Crippen LogP contribution < -0.4 is 10.6 Å². The average molecular weight is 340 g/mol. The van der Waals surface area contributed by atoms with Gasteiger partial charge >= 0.3 is 0 Å². The number of rotatable bonds is 6. The Morgan fingerprint density at radius 2 is 1.92 bits per heavy atom. The molecule has 2 N–H and O–H groups in total. The number of aryl methyl sites for hydroxylation is 1. The fourth-order valence-electron chi connectivity index (χ4n) is 2.28. The van der Waals surface area contributed by atoms with Gasteiger partial charge in [0.2, 0.25) is 5.95 Å². The van der Waals surface area contributed by atoms with E-state index in [-0.39, 0.29) is 0 Å². The van der Waals surface area contributed by atoms with Gasteiger partial charge in [0.05, 0.1) is 6.20 Å². The van der Waals surface area contributed by atoms with Crippen molar-refractivity contribution >= 4 is 29.1 Å². The fourth-order valence-corrected chi connectivity index (χ4v) is 2.41. The Labute approximate surface area is 146 Å². The average Bonchev–Trinajstić information content (AvgIpc) is 2.57. The molecule has 1 aromatic heterocycles. The van der Waals surface area contributed by atoms with E-state index in [0.717, 1.165) is 23.7 Å². The van der Waals surface area contributed by atoms with Gasteiger partial charge in [0.25, 0.3) is 0 Å². The van der Waals surface area contributed by atoms with Crippen LogP contribution in [0.4, 0.5) is 17.5 Å². The Morgan fingerprint density at radius 3 is 2.71 bits per heavy atom. The van der Waals surface area contributed by atoms with Crippen molar-refractivity contribution in [2.24, 2.45) is 0 Å². The van der Waals surface area contributed by atoms with Crippen molar-refractivity contribution in [3.63, 3.8) is 0 Å². The molecular formula is C18H18ClN5. The van der Waals surface area contributed by atoms with Crippen LogP contribution in [0.15, 0.2) is 54.7 Å². The molecule has 2 aromatic carbocycles. The Morgan fingerprint density at radius 1 is 1.08 bits per heavy atom. The van der Waals surface area contributed by atoms with Crippen molar-refractivity contribution in [2.75, 3.05) is 17.2 Å². The maximum atomic E-state index is 5.88. The summed E-state index contributed by atoms with van der Waals surface area (Å²) >= 11 is 5.88. The Bertz CT molecular complexity index is 805. The highest BCUT2D eigenvalue weighted by Crippen LogP contribution is 2.15. The number of benzene rings is 2. The highest BCUT2D eigenvalue weighted by Gasteiger charge is 2.02. The minimum atomic E-state index is 0.501. The second kappa shape index (κ2) is 7.75. The molecule has 0 spiro atoms. The topological polar surface area (TPSA) is 62.7 Å². The molecule has 0 amide bonds. The second-order valence-electron chi connectivity index (χ2n) is 5.46. The first-order valence-electron chi connectivity index (χ1n) is 7.71. The molecule has 0 aliphatic rings. The van der Waals surface area contributed by atoms with Crippen molar-refractivity contribution < 1.29 is 0 Å². The van der Waals surface area contributed by atoms with Crippen molar-refractivity contribution in [3.8, 4) is 0 Å². The van der Waals surface area contributed by atoms with Gasteiger partial charge in [0, 0.05) is 17.3 Å². The molecule has 0 aliphatic carbocycles. The monoisotopic (exact) mass is 339 g/mol. The van der Waals surface area contributed by atoms with Crippen molar-refractivity contribution in [2.45, 2.75) is 13.3 Å². The Balaban J connectivity index is 1.57. The van der Waals surface area contributed by atoms with E-state index in [9.17, 15) is 0 Å². The van der Waals surface area contributed by atoms with Gasteiger partial charge < -0.3 is 10.6 Å². The van der Waals surface area contributed by atoms with Gasteiger partial charge in [0.1, 0.15) is 0 Å². The van der Waals surface area contributed by atoms with E-state index in [1.807, 2.05) is 49.4 Å². The molecule has 3 aromatic rings. The largest absolute Gasteiger partial charge is 0.353 e. The molecule has 0 atom stereocenters. The lowest BCUT2D eigenvalue weighted by molar-refractivity contribution is 0.929. The van der Waals surface area contributed by atoms with Crippen molar-refractivity contribution in [1.29, 1.82) is 0 Å². The van der Waals surface area contributed by atoms with Gasteiger partial charge in [-0.15, -0.1) is 5.10 Å². The summed E-state index contributed by atoms with van der Waals surface area (Å²) in [6, 6.07) is 15.9. The standard InChI is InChI=1S/C18H18ClN5/c1-13-3-2-4-16(11-13)22-17-12-21-24-18(23-17)20-10-9-14-5-7-15(19)8-6-14/h2-8,11-12H,9-10H2,1H3,(H2,20,22,23,24). The van der Waals surface area contributed by atoms with Gasteiger partial charge in [-0.3, -0.25) is 0 Å². The predicted octanol–water partition coefficient (Wildman–Crippen LogP) is 4.23. The van der Waals surface area contributed by atoms with Gasteiger partial charge in [-0.2, -0.15) is 10.1 Å².